The van der Waals surface area contributed by atoms with E-state index in [-0.39, 0.29) is 29.6 Å². The third kappa shape index (κ3) is 98.3. The van der Waals surface area contributed by atoms with E-state index in [1.54, 1.807) is 12.1 Å². The number of nitrogens with two attached hydrogens (primary N) is 1. The summed E-state index contributed by atoms with van der Waals surface area (Å²) in [7, 11) is 0.753. The number of hydrogen-bond donors (Lipinski definition) is 4. The smallest absolute Gasteiger partial charge is 0.793 e. The Morgan fingerprint density at radius 3 is 0.969 bits per heavy atom. The zero-order valence-electron chi connectivity index (χ0n) is 82.1. The summed E-state index contributed by atoms with van der Waals surface area (Å²) in [4.78, 5) is 58.6. The molecule has 5 fully saturated rings. The first-order valence-electron chi connectivity index (χ1n) is 45.6. The van der Waals surface area contributed by atoms with Crippen LogP contribution in [0.25, 0.3) is 0 Å². The average Bonchev–Trinajstić information content (AvgIpc) is 0.868. The normalized spacial score (nSPS) is 14.1. The molecule has 0 saturated carbocycles. The van der Waals surface area contributed by atoms with Gasteiger partial charge in [0.1, 0.15) is 6.29 Å². The number of carbonyl (C=O) groups is 4. The Balaban J connectivity index is -0.000000248. The summed E-state index contributed by atoms with van der Waals surface area (Å²) in [6.45, 7) is 55.1. The molecule has 3 radical (unpaired) electrons. The number of nitrogens with one attached hydrogen (secondary N) is 2. The van der Waals surface area contributed by atoms with E-state index in [9.17, 15) is 36.0 Å². The molecule has 0 atom stereocenters. The zero-order valence-corrected chi connectivity index (χ0v) is 89.1. The van der Waals surface area contributed by atoms with Gasteiger partial charge < -0.3 is 29.1 Å². The van der Waals surface area contributed by atoms with Gasteiger partial charge in [0.2, 0.25) is 5.97 Å². The van der Waals surface area contributed by atoms with Gasteiger partial charge in [0, 0.05) is 171 Å². The summed E-state index contributed by atoms with van der Waals surface area (Å²) >= 11 is 10.4. The largest absolute Gasteiger partial charge is 1.00 e. The molecule has 0 amide bonds. The van der Waals surface area contributed by atoms with E-state index < -0.39 is 37.6 Å². The Morgan fingerprint density at radius 1 is 0.496 bits per heavy atom. The monoisotopic (exact) mass is 1890 g/mol. The minimum Gasteiger partial charge on any atom is -0.793 e. The Labute approximate surface area is 817 Å². The average molecular weight is 1890 g/mol. The maximum absolute atomic E-state index is 11.2. The van der Waals surface area contributed by atoms with Crippen LogP contribution in [0.5, 0.6) is 0 Å². The molecule has 0 spiro atoms. The molecule has 127 heavy (non-hydrogen) atoms. The maximum Gasteiger partial charge on any atom is 1.00 e. The summed E-state index contributed by atoms with van der Waals surface area (Å²) in [5, 5.41) is 6.19. The van der Waals surface area contributed by atoms with Crippen molar-refractivity contribution in [3.05, 3.63) is 240 Å². The van der Waals surface area contributed by atoms with Crippen LogP contribution in [-0.4, -0.2) is 236 Å². The molecule has 0 aliphatic carbocycles. The van der Waals surface area contributed by atoms with Crippen molar-refractivity contribution in [2.45, 2.75) is 202 Å². The van der Waals surface area contributed by atoms with Crippen LogP contribution >= 0.6 is 47.9 Å². The number of unbranched alkanes of at least 4 members (excludes halogenated alkanes) is 5. The van der Waals surface area contributed by atoms with E-state index in [4.69, 9.17) is 5.73 Å². The number of thiol groups is 1. The van der Waals surface area contributed by atoms with Crippen LogP contribution in [0, 0.1) is 0 Å². The molecule has 717 valence electrons. The van der Waals surface area contributed by atoms with Crippen LogP contribution in [0.1, 0.15) is 207 Å². The number of thioether (sulfide) groups is 3. The Hall–Kier alpha value is -5.08. The van der Waals surface area contributed by atoms with Gasteiger partial charge in [-0.2, -0.15) is 47.9 Å². The molecule has 27 heteroatoms. The fourth-order valence-corrected chi connectivity index (χ4v) is 15.8. The van der Waals surface area contributed by atoms with Crippen molar-refractivity contribution < 1.29 is 80.0 Å². The van der Waals surface area contributed by atoms with Gasteiger partial charge in [0.05, 0.1) is 23.0 Å². The minimum absolute atomic E-state index is 0. The molecule has 5 aliphatic heterocycles. The van der Waals surface area contributed by atoms with Gasteiger partial charge in [-0.25, -0.2) is 36.2 Å². The van der Waals surface area contributed by atoms with Crippen molar-refractivity contribution in [3.8, 4) is 0 Å². The molecule has 11 rings (SSSR count). The van der Waals surface area contributed by atoms with Crippen molar-refractivity contribution in [1.29, 1.82) is 0 Å². The Kier molecular flexibility index (Phi) is 111. The fourth-order valence-electron chi connectivity index (χ4n) is 10.2. The van der Waals surface area contributed by atoms with Crippen LogP contribution in [0.15, 0.2) is 207 Å². The van der Waals surface area contributed by atoms with Crippen molar-refractivity contribution in [2.75, 3.05) is 162 Å². The van der Waals surface area contributed by atoms with Gasteiger partial charge in [-0.1, -0.05) is 329 Å². The third-order valence-electron chi connectivity index (χ3n) is 16.9. The predicted molar refractivity (Wildman–Crippen MR) is 556 cm³/mol. The molecule has 5 heterocycles. The number of carbonyl (C=O) groups excluding carboxylic acids is 4. The molecule has 19 nitrogen and oxygen atoms in total. The molecule has 5 aliphatic rings. The number of sulfone groups is 2. The van der Waals surface area contributed by atoms with E-state index >= 15 is 0 Å². The molecule has 0 unspecified atom stereocenters. The first-order chi connectivity index (χ1) is 61.0. The zero-order chi connectivity index (χ0) is 95.7. The number of benzene rings is 6. The second-order valence-electron chi connectivity index (χ2n) is 27.6. The van der Waals surface area contributed by atoms with Gasteiger partial charge in [0.15, 0.2) is 19.7 Å². The van der Waals surface area contributed by atoms with E-state index in [2.05, 4.69) is 276 Å². The summed E-state index contributed by atoms with van der Waals surface area (Å²) in [6.07, 6.45) is 17.4. The molecular weight excluding hydrogens is 1720 g/mol. The predicted octanol–water partition coefficient (Wildman–Crippen LogP) is 17.4. The SMILES string of the molecule is C/C=C/CCC.C1CSCCN1.C=CCCC.CC.CC.CC.CC(=O)OOC(C)=O.CCCCCC.CCN.CCN(CCS)Cc1ccccc1.CCNC.O=Cc1ccccc1.O=S1(=O)CCN(Cc2ccccc2)CC1.O=S1(=O)CCN(Cc2ccccc2)CC1.[B-]OC(C)=O.[Na+].c1ccc(CN2CCSCC2)cc1.c1ccc(CN2CCSCC2)cc1. The molecule has 0 bridgehead atoms. The van der Waals surface area contributed by atoms with Gasteiger partial charge >= 0.3 is 41.5 Å². The Morgan fingerprint density at radius 2 is 0.780 bits per heavy atom. The van der Waals surface area contributed by atoms with Crippen molar-refractivity contribution in [1.82, 2.24) is 35.1 Å². The molecule has 5 saturated heterocycles. The van der Waals surface area contributed by atoms with Crippen LogP contribution < -0.4 is 45.9 Å². The van der Waals surface area contributed by atoms with E-state index in [0.29, 0.717) is 49.2 Å². The fraction of sp³-hybridized carbons (Fsp3) is 0.560. The molecule has 4 N–H and O–H groups in total. The van der Waals surface area contributed by atoms with Gasteiger partial charge in [0.25, 0.3) is 0 Å². The summed E-state index contributed by atoms with van der Waals surface area (Å²) in [6, 6.07) is 61.4. The van der Waals surface area contributed by atoms with Crippen LogP contribution in [0.4, 0.5) is 0 Å². The summed E-state index contributed by atoms with van der Waals surface area (Å²) in [5.41, 5.74) is 12.3. The quantitative estimate of drug-likeness (QED) is 0.00941. The van der Waals surface area contributed by atoms with Crippen molar-refractivity contribution >= 4 is 99.8 Å². The van der Waals surface area contributed by atoms with E-state index in [1.165, 1.54) is 153 Å². The summed E-state index contributed by atoms with van der Waals surface area (Å²) < 4.78 is 48.5. The topological polar surface area (TPSA) is 231 Å². The second kappa shape index (κ2) is 105. The van der Waals surface area contributed by atoms with E-state index in [0.717, 1.165) is 96.8 Å². The first-order valence-corrected chi connectivity index (χ1v) is 53.3. The van der Waals surface area contributed by atoms with Crippen molar-refractivity contribution in [3.63, 3.8) is 0 Å². The summed E-state index contributed by atoms with van der Waals surface area (Å²) in [5.74, 6) is 8.21. The molecule has 6 aromatic rings. The standard InChI is InChI=1S/2C11H15NO2S.2C11H15NS.C11H17NS.C7H6O.C6H14.C6H12.C5H10.C4H9NS.C4H6O4.C3H9N.C2H3BO2.C2H7N.3C2H6.Na/c2*13-15(14)8-6-12(7-9-15)10-11-4-2-1-3-5-11;2*1-2-4-11(5-3-1)10-12-6-8-13-9-7-12;1-2-12(8-9-13)10-11-6-4-3-5-7-11;8-6-7-4-2-1-3-5-7;2*1-3-5-6-4-2;1-3-5-4-2;1-3-6-4-2-5-1;1-3(5)7-8-4(2)6;1-3-4-2;1-2(4)5-3;1-2-3;3*1-2;/h2*1-5H,6-10H2;2*1-5H,6-10H2;3-7,13H,2,8-10H2,1H3;1-6H;3-6H2,1-2H3;3,5H,4,6H2,1-2H3;3H,1,4-5H2,2H3;5H,1-4H2;1-2H3;4H,3H2,1-2H3;1H3;2-3H2,1H3;3*1-2H3;/q;;;;;;;;;;;;-1;;;;;+1/b;;;;;;;5-3+;;;;;;;;;;. The first kappa shape index (κ1) is 135. The second-order valence-corrected chi connectivity index (χ2v) is 36.3. The third-order valence-corrected chi connectivity index (χ3v) is 23.2. The van der Waals surface area contributed by atoms with Gasteiger partial charge in [-0.05, 0) is 74.3 Å². The minimum atomic E-state index is -2.75. The number of hydrogen-bond acceptors (Lipinski definition) is 23. The Bertz CT molecular complexity index is 3280. The van der Waals surface area contributed by atoms with Gasteiger partial charge in [-0.3, -0.25) is 34.1 Å². The maximum atomic E-state index is 11.2. The van der Waals surface area contributed by atoms with Gasteiger partial charge in [-0.15, -0.1) is 6.58 Å². The van der Waals surface area contributed by atoms with Crippen molar-refractivity contribution in [2.24, 2.45) is 5.73 Å². The molecular formula is C100H171BN8NaO11S6. The van der Waals surface area contributed by atoms with Crippen LogP contribution in [-0.2, 0) is 81.2 Å². The number of rotatable bonds is 22. The van der Waals surface area contributed by atoms with E-state index in [1.807, 2.05) is 128 Å². The number of aldehydes is 1. The van der Waals surface area contributed by atoms with Crippen LogP contribution in [0.2, 0.25) is 0 Å². The number of allylic oxidation sites excluding steroid dienone is 3. The molecule has 6 aromatic carbocycles. The van der Waals surface area contributed by atoms with Crippen LogP contribution in [0.3, 0.4) is 0 Å². The molecule has 0 aromatic heterocycles. The number of nitrogens with zero attached hydrogens (tertiary/aromatic N) is 5.